The standard InChI is InChI=1S/C8H8ClFO2/c1-4(11)7-6(10)3-2-5(9)8(7)12/h2-4,11-12H,1H3. The lowest BCUT2D eigenvalue weighted by Gasteiger charge is -2.09. The molecule has 2 N–H and O–H groups in total. The first-order valence-corrected chi connectivity index (χ1v) is 3.76. The summed E-state index contributed by atoms with van der Waals surface area (Å²) >= 11 is 5.50. The van der Waals surface area contributed by atoms with E-state index in [4.69, 9.17) is 16.7 Å². The molecule has 0 aromatic heterocycles. The number of aliphatic hydroxyl groups excluding tert-OH is 1. The summed E-state index contributed by atoms with van der Waals surface area (Å²) in [6.07, 6.45) is -1.07. The van der Waals surface area contributed by atoms with E-state index < -0.39 is 17.7 Å². The fourth-order valence-corrected chi connectivity index (χ4v) is 1.12. The van der Waals surface area contributed by atoms with Gasteiger partial charge in [0.15, 0.2) is 0 Å². The first-order valence-electron chi connectivity index (χ1n) is 3.39. The molecular weight excluding hydrogens is 183 g/mol. The number of benzene rings is 1. The van der Waals surface area contributed by atoms with Crippen molar-refractivity contribution in [2.75, 3.05) is 0 Å². The van der Waals surface area contributed by atoms with Crippen LogP contribution >= 0.6 is 11.6 Å². The SMILES string of the molecule is CC(O)c1c(F)ccc(Cl)c1O. The molecule has 0 heterocycles. The fourth-order valence-electron chi connectivity index (χ4n) is 0.954. The maximum atomic E-state index is 12.9. The van der Waals surface area contributed by atoms with Gasteiger partial charge < -0.3 is 10.2 Å². The number of phenolic OH excluding ortho intramolecular Hbond substituents is 1. The molecule has 4 heteroatoms. The molecule has 12 heavy (non-hydrogen) atoms. The third-order valence-electron chi connectivity index (χ3n) is 1.53. The molecule has 66 valence electrons. The van der Waals surface area contributed by atoms with Crippen LogP contribution in [0.1, 0.15) is 18.6 Å². The Morgan fingerprint density at radius 2 is 2.08 bits per heavy atom. The molecule has 0 spiro atoms. The van der Waals surface area contributed by atoms with E-state index in [0.717, 1.165) is 6.07 Å². The first-order chi connectivity index (χ1) is 5.54. The van der Waals surface area contributed by atoms with Gasteiger partial charge >= 0.3 is 0 Å². The smallest absolute Gasteiger partial charge is 0.142 e. The number of phenols is 1. The molecule has 1 atom stereocenters. The molecule has 0 fully saturated rings. The Kier molecular flexibility index (Phi) is 2.55. The highest BCUT2D eigenvalue weighted by molar-refractivity contribution is 6.32. The van der Waals surface area contributed by atoms with Crippen molar-refractivity contribution in [2.24, 2.45) is 0 Å². The highest BCUT2D eigenvalue weighted by atomic mass is 35.5. The monoisotopic (exact) mass is 190 g/mol. The average molecular weight is 191 g/mol. The molecule has 1 rings (SSSR count). The van der Waals surface area contributed by atoms with Crippen molar-refractivity contribution < 1.29 is 14.6 Å². The third kappa shape index (κ3) is 1.52. The second-order valence-electron chi connectivity index (χ2n) is 2.47. The molecule has 0 saturated heterocycles. The molecule has 1 unspecified atom stereocenters. The van der Waals surface area contributed by atoms with Gasteiger partial charge in [0.2, 0.25) is 0 Å². The maximum absolute atomic E-state index is 12.9. The van der Waals surface area contributed by atoms with Gasteiger partial charge in [0.05, 0.1) is 16.7 Å². The van der Waals surface area contributed by atoms with Gasteiger partial charge in [-0.3, -0.25) is 0 Å². The van der Waals surface area contributed by atoms with Crippen LogP contribution in [0.25, 0.3) is 0 Å². The van der Waals surface area contributed by atoms with Crippen molar-refractivity contribution in [3.8, 4) is 5.75 Å². The summed E-state index contributed by atoms with van der Waals surface area (Å²) in [7, 11) is 0. The van der Waals surface area contributed by atoms with Crippen molar-refractivity contribution in [2.45, 2.75) is 13.0 Å². The van der Waals surface area contributed by atoms with Crippen LogP contribution in [-0.2, 0) is 0 Å². The van der Waals surface area contributed by atoms with Crippen molar-refractivity contribution >= 4 is 11.6 Å². The molecule has 0 amide bonds. The van der Waals surface area contributed by atoms with E-state index in [1.54, 1.807) is 0 Å². The molecule has 1 aromatic rings. The average Bonchev–Trinajstić information content (AvgIpc) is 1.97. The quantitative estimate of drug-likeness (QED) is 0.713. The predicted octanol–water partition coefficient (Wildman–Crippen LogP) is 2.24. The predicted molar refractivity (Wildman–Crippen MR) is 43.7 cm³/mol. The van der Waals surface area contributed by atoms with Gasteiger partial charge in [0.25, 0.3) is 0 Å². The van der Waals surface area contributed by atoms with E-state index in [-0.39, 0.29) is 10.6 Å². The molecule has 0 aliphatic rings. The first kappa shape index (κ1) is 9.29. The summed E-state index contributed by atoms with van der Waals surface area (Å²) in [4.78, 5) is 0. The molecule has 0 aliphatic heterocycles. The van der Waals surface area contributed by atoms with Crippen molar-refractivity contribution in [3.63, 3.8) is 0 Å². The number of rotatable bonds is 1. The van der Waals surface area contributed by atoms with Crippen LogP contribution < -0.4 is 0 Å². The van der Waals surface area contributed by atoms with Gasteiger partial charge in [-0.1, -0.05) is 11.6 Å². The number of hydrogen-bond acceptors (Lipinski definition) is 2. The van der Waals surface area contributed by atoms with E-state index in [1.807, 2.05) is 0 Å². The molecule has 1 aromatic carbocycles. The summed E-state index contributed by atoms with van der Waals surface area (Å²) in [5.74, 6) is -1.06. The summed E-state index contributed by atoms with van der Waals surface area (Å²) < 4.78 is 12.9. The number of halogens is 2. The van der Waals surface area contributed by atoms with Crippen LogP contribution in [0.15, 0.2) is 12.1 Å². The molecule has 0 saturated carbocycles. The fraction of sp³-hybridized carbons (Fsp3) is 0.250. The van der Waals surface area contributed by atoms with Crippen LogP contribution in [-0.4, -0.2) is 10.2 Å². The van der Waals surface area contributed by atoms with E-state index in [1.165, 1.54) is 13.0 Å². The molecule has 0 bridgehead atoms. The van der Waals surface area contributed by atoms with Crippen LogP contribution in [0.4, 0.5) is 4.39 Å². The Hall–Kier alpha value is -0.800. The normalized spacial score (nSPS) is 13.0. The Balaban J connectivity index is 3.33. The third-order valence-corrected chi connectivity index (χ3v) is 1.84. The Labute approximate surface area is 74.2 Å². The topological polar surface area (TPSA) is 40.5 Å². The van der Waals surface area contributed by atoms with E-state index >= 15 is 0 Å². The van der Waals surface area contributed by atoms with Crippen molar-refractivity contribution in [1.29, 1.82) is 0 Å². The Morgan fingerprint density at radius 3 is 2.50 bits per heavy atom. The highest BCUT2D eigenvalue weighted by Crippen LogP contribution is 2.33. The second kappa shape index (κ2) is 3.29. The summed E-state index contributed by atoms with van der Waals surface area (Å²) in [6.45, 7) is 1.36. The Morgan fingerprint density at radius 1 is 1.50 bits per heavy atom. The van der Waals surface area contributed by atoms with Crippen molar-refractivity contribution in [1.82, 2.24) is 0 Å². The summed E-state index contributed by atoms with van der Waals surface area (Å²) in [5, 5.41) is 18.3. The molecular formula is C8H8ClFO2. The van der Waals surface area contributed by atoms with Gasteiger partial charge in [-0.25, -0.2) is 4.39 Å². The number of hydrogen-bond donors (Lipinski definition) is 2. The number of aromatic hydroxyl groups is 1. The highest BCUT2D eigenvalue weighted by Gasteiger charge is 2.15. The zero-order valence-electron chi connectivity index (χ0n) is 6.38. The largest absolute Gasteiger partial charge is 0.506 e. The summed E-state index contributed by atoms with van der Waals surface area (Å²) in [5.41, 5.74) is -0.164. The van der Waals surface area contributed by atoms with E-state index in [9.17, 15) is 9.50 Å². The van der Waals surface area contributed by atoms with Gasteiger partial charge in [-0.15, -0.1) is 0 Å². The zero-order valence-corrected chi connectivity index (χ0v) is 7.14. The van der Waals surface area contributed by atoms with Crippen LogP contribution in [0.5, 0.6) is 5.75 Å². The maximum Gasteiger partial charge on any atom is 0.142 e. The lowest BCUT2D eigenvalue weighted by molar-refractivity contribution is 0.189. The molecule has 0 aliphatic carbocycles. The lowest BCUT2D eigenvalue weighted by Crippen LogP contribution is -1.96. The van der Waals surface area contributed by atoms with Gasteiger partial charge in [0, 0.05) is 0 Å². The van der Waals surface area contributed by atoms with Crippen LogP contribution in [0.3, 0.4) is 0 Å². The second-order valence-corrected chi connectivity index (χ2v) is 2.87. The molecule has 2 nitrogen and oxygen atoms in total. The zero-order chi connectivity index (χ0) is 9.30. The van der Waals surface area contributed by atoms with E-state index in [2.05, 4.69) is 0 Å². The lowest BCUT2D eigenvalue weighted by atomic mass is 10.1. The van der Waals surface area contributed by atoms with Gasteiger partial charge in [-0.2, -0.15) is 0 Å². The van der Waals surface area contributed by atoms with Crippen molar-refractivity contribution in [3.05, 3.63) is 28.5 Å². The molecule has 0 radical (unpaired) electrons. The minimum absolute atomic E-state index is 0.0345. The van der Waals surface area contributed by atoms with Crippen LogP contribution in [0, 0.1) is 5.82 Å². The Bertz CT molecular complexity index is 299. The number of aliphatic hydroxyl groups is 1. The minimum atomic E-state index is -1.07. The van der Waals surface area contributed by atoms with E-state index in [0.29, 0.717) is 0 Å². The minimum Gasteiger partial charge on any atom is -0.506 e. The van der Waals surface area contributed by atoms with Gasteiger partial charge in [-0.05, 0) is 19.1 Å². The summed E-state index contributed by atoms with van der Waals surface area (Å²) in [6, 6.07) is 2.34. The van der Waals surface area contributed by atoms with Gasteiger partial charge in [0.1, 0.15) is 11.6 Å². The van der Waals surface area contributed by atoms with Crippen LogP contribution in [0.2, 0.25) is 5.02 Å².